The molecule has 0 atom stereocenters. The van der Waals surface area contributed by atoms with Gasteiger partial charge in [-0.2, -0.15) is 0 Å². The minimum Gasteiger partial charge on any atom is -0.550 e. The van der Waals surface area contributed by atoms with Crippen LogP contribution in [-0.4, -0.2) is 28.4 Å². The molecule has 0 aliphatic rings. The van der Waals surface area contributed by atoms with Crippen molar-refractivity contribution in [3.05, 3.63) is 0 Å². The Morgan fingerprint density at radius 2 is 0.833 bits per heavy atom. The third-order valence-electron chi connectivity index (χ3n) is 0. The predicted octanol–water partition coefficient (Wildman–Crippen LogP) is -4.96. The molecule has 81 valence electrons. The number of aliphatic carboxylic acids is 2. The summed E-state index contributed by atoms with van der Waals surface area (Å²) in [4.78, 5) is 17.8. The molecule has 0 saturated heterocycles. The Kier molecular flexibility index (Phi) is 112. The zero-order chi connectivity index (χ0) is 7.15. The standard InChI is InChI=1S/2C2H4O2.Cu.3H2O/c2*1-2(3)4;;;;/h2*1H3,(H,3,4);;3*1H2/q;;+2;;;/p-2. The van der Waals surface area contributed by atoms with E-state index in [9.17, 15) is 0 Å². The van der Waals surface area contributed by atoms with Gasteiger partial charge in [-0.1, -0.05) is 0 Å². The third-order valence-corrected chi connectivity index (χ3v) is 0. The van der Waals surface area contributed by atoms with Crippen molar-refractivity contribution in [1.82, 2.24) is 0 Å². The van der Waals surface area contributed by atoms with Crippen LogP contribution in [-0.2, 0) is 26.7 Å². The van der Waals surface area contributed by atoms with E-state index < -0.39 is 11.9 Å². The first-order chi connectivity index (χ1) is 3.46. The van der Waals surface area contributed by atoms with E-state index in [0.717, 1.165) is 13.8 Å². The Hall–Kier alpha value is -0.661. The van der Waals surface area contributed by atoms with Crippen LogP contribution in [0.1, 0.15) is 13.8 Å². The second kappa shape index (κ2) is 31.6. The first-order valence-corrected chi connectivity index (χ1v) is 1.82. The van der Waals surface area contributed by atoms with Crippen molar-refractivity contribution >= 4 is 11.9 Å². The zero-order valence-corrected chi connectivity index (χ0v) is 7.38. The van der Waals surface area contributed by atoms with Crippen molar-refractivity contribution < 1.29 is 53.3 Å². The molecule has 0 aliphatic carbocycles. The molecule has 8 heteroatoms. The minimum absolute atomic E-state index is 0. The van der Waals surface area contributed by atoms with Gasteiger partial charge < -0.3 is 36.2 Å². The van der Waals surface area contributed by atoms with Gasteiger partial charge in [-0.3, -0.25) is 0 Å². The Balaban J connectivity index is -0.0000000112. The van der Waals surface area contributed by atoms with Gasteiger partial charge in [0.15, 0.2) is 0 Å². The van der Waals surface area contributed by atoms with Crippen molar-refractivity contribution in [2.45, 2.75) is 13.8 Å². The van der Waals surface area contributed by atoms with E-state index in [4.69, 9.17) is 19.8 Å². The first-order valence-electron chi connectivity index (χ1n) is 1.82. The van der Waals surface area contributed by atoms with Gasteiger partial charge in [-0.25, -0.2) is 0 Å². The minimum atomic E-state index is -1.08. The van der Waals surface area contributed by atoms with Crippen LogP contribution >= 0.6 is 0 Å². The molecule has 0 aromatic heterocycles. The molecule has 0 amide bonds. The molecule has 0 aromatic carbocycles. The number of hydrogen-bond acceptors (Lipinski definition) is 4. The molecule has 6 N–H and O–H groups in total. The third kappa shape index (κ3) is 1490. The van der Waals surface area contributed by atoms with Crippen LogP contribution in [0, 0.1) is 0 Å². The van der Waals surface area contributed by atoms with Gasteiger partial charge >= 0.3 is 17.1 Å². The molecule has 0 aliphatic heterocycles. The molecule has 0 unspecified atom stereocenters. The fourth-order valence-corrected chi connectivity index (χ4v) is 0. The first kappa shape index (κ1) is 42.5. The van der Waals surface area contributed by atoms with Crippen molar-refractivity contribution in [2.75, 3.05) is 0 Å². The van der Waals surface area contributed by atoms with Gasteiger partial charge in [0, 0.05) is 11.9 Å². The number of carboxylic acid groups (broad SMARTS) is 2. The van der Waals surface area contributed by atoms with Crippen molar-refractivity contribution in [3.63, 3.8) is 0 Å². The van der Waals surface area contributed by atoms with Crippen LogP contribution in [0.15, 0.2) is 0 Å². The van der Waals surface area contributed by atoms with E-state index in [1.807, 2.05) is 0 Å². The van der Waals surface area contributed by atoms with E-state index in [1.54, 1.807) is 0 Å². The Morgan fingerprint density at radius 1 is 0.833 bits per heavy atom. The molecule has 7 nitrogen and oxygen atoms in total. The molecule has 1 radical (unpaired) electrons. The average molecular weight is 236 g/mol. The summed E-state index contributed by atoms with van der Waals surface area (Å²) in [6.07, 6.45) is 0. The Morgan fingerprint density at radius 3 is 0.833 bits per heavy atom. The molecular formula is C4H12CuO7. The topological polar surface area (TPSA) is 175 Å². The van der Waals surface area contributed by atoms with E-state index in [0.29, 0.717) is 0 Å². The fraction of sp³-hybridized carbons (Fsp3) is 0.500. The quantitative estimate of drug-likeness (QED) is 0.382. The summed E-state index contributed by atoms with van der Waals surface area (Å²) < 4.78 is 0. The van der Waals surface area contributed by atoms with Gasteiger partial charge in [-0.05, 0) is 13.8 Å². The van der Waals surface area contributed by atoms with Gasteiger partial charge in [0.05, 0.1) is 0 Å². The maximum atomic E-state index is 8.89. The van der Waals surface area contributed by atoms with Gasteiger partial charge in [0.1, 0.15) is 0 Å². The monoisotopic (exact) mass is 235 g/mol. The molecule has 0 bridgehead atoms. The summed E-state index contributed by atoms with van der Waals surface area (Å²) >= 11 is 0. The van der Waals surface area contributed by atoms with Crippen LogP contribution in [0.5, 0.6) is 0 Å². The fourth-order valence-electron chi connectivity index (χ4n) is 0. The molecule has 0 spiro atoms. The van der Waals surface area contributed by atoms with Gasteiger partial charge in [0.2, 0.25) is 0 Å². The molecule has 0 fully saturated rings. The van der Waals surface area contributed by atoms with Crippen LogP contribution in [0.3, 0.4) is 0 Å². The van der Waals surface area contributed by atoms with Crippen LogP contribution in [0.4, 0.5) is 0 Å². The molecule has 0 aromatic rings. The van der Waals surface area contributed by atoms with Crippen LogP contribution in [0.2, 0.25) is 0 Å². The molecule has 12 heavy (non-hydrogen) atoms. The summed E-state index contributed by atoms with van der Waals surface area (Å²) in [7, 11) is 0. The second-order valence-electron chi connectivity index (χ2n) is 0.983. The summed E-state index contributed by atoms with van der Waals surface area (Å²) in [6, 6.07) is 0. The summed E-state index contributed by atoms with van der Waals surface area (Å²) in [5, 5.41) is 17.8. The largest absolute Gasteiger partial charge is 2.00 e. The van der Waals surface area contributed by atoms with Gasteiger partial charge in [-0.15, -0.1) is 0 Å². The SMILES string of the molecule is CC(=O)[O-].CC(=O)[O-].O.O.O.[Cu+2]. The summed E-state index contributed by atoms with van der Waals surface area (Å²) in [5.41, 5.74) is 0. The Labute approximate surface area is 79.8 Å². The second-order valence-corrected chi connectivity index (χ2v) is 0.983. The smallest absolute Gasteiger partial charge is 0.550 e. The Bertz CT molecular complexity index is 73.4. The summed E-state index contributed by atoms with van der Waals surface area (Å²) in [5.74, 6) is -2.17. The molecule has 0 heterocycles. The maximum absolute atomic E-state index is 8.89. The van der Waals surface area contributed by atoms with Crippen molar-refractivity contribution in [3.8, 4) is 0 Å². The van der Waals surface area contributed by atoms with E-state index in [2.05, 4.69) is 0 Å². The average Bonchev–Trinajstić information content (AvgIpc) is 1.25. The predicted molar refractivity (Wildman–Crippen MR) is 32.2 cm³/mol. The number of carbonyl (C=O) groups excluding carboxylic acids is 2. The van der Waals surface area contributed by atoms with Crippen LogP contribution in [0.25, 0.3) is 0 Å². The molecule has 0 rings (SSSR count). The number of rotatable bonds is 0. The van der Waals surface area contributed by atoms with Crippen molar-refractivity contribution in [2.24, 2.45) is 0 Å². The van der Waals surface area contributed by atoms with Crippen LogP contribution < -0.4 is 10.2 Å². The normalized spacial score (nSPS) is 4.17. The van der Waals surface area contributed by atoms with E-state index in [-0.39, 0.29) is 33.5 Å². The summed E-state index contributed by atoms with van der Waals surface area (Å²) in [6.45, 7) is 1.94. The molecular weight excluding hydrogens is 224 g/mol. The molecule has 0 saturated carbocycles. The van der Waals surface area contributed by atoms with Gasteiger partial charge in [0.25, 0.3) is 0 Å². The van der Waals surface area contributed by atoms with E-state index >= 15 is 0 Å². The zero-order valence-electron chi connectivity index (χ0n) is 6.43. The number of hydrogen-bond donors (Lipinski definition) is 0. The van der Waals surface area contributed by atoms with E-state index in [1.165, 1.54) is 0 Å². The number of carbonyl (C=O) groups is 2. The number of carboxylic acids is 2. The van der Waals surface area contributed by atoms with Crippen molar-refractivity contribution in [1.29, 1.82) is 0 Å². The maximum Gasteiger partial charge on any atom is 2.00 e.